The molecule has 0 fully saturated rings. The molecule has 0 bridgehead atoms. The minimum Gasteiger partial charge on any atom is -0.508 e. The third kappa shape index (κ3) is 12.5. The van der Waals surface area contributed by atoms with E-state index < -0.39 is 0 Å². The number of hydrogen-bond donors (Lipinski definition) is 2. The molecule has 3 heteroatoms. The van der Waals surface area contributed by atoms with E-state index in [-0.39, 0.29) is 11.7 Å². The highest BCUT2D eigenvalue weighted by molar-refractivity contribution is 5.90. The van der Waals surface area contributed by atoms with Crippen LogP contribution >= 0.6 is 0 Å². The molecule has 2 aromatic carbocycles. The van der Waals surface area contributed by atoms with Crippen LogP contribution < -0.4 is 5.32 Å². The zero-order valence-electron chi connectivity index (χ0n) is 20.8. The van der Waals surface area contributed by atoms with Crippen molar-refractivity contribution in [3.8, 4) is 16.9 Å². The number of carbonyl (C=O) groups is 1. The van der Waals surface area contributed by atoms with Crippen molar-refractivity contribution in [2.24, 2.45) is 0 Å². The predicted molar refractivity (Wildman–Crippen MR) is 142 cm³/mol. The normalized spacial score (nSPS) is 10.9. The van der Waals surface area contributed by atoms with Crippen LogP contribution in [0.25, 0.3) is 11.1 Å². The monoisotopic (exact) mass is 451 g/mol. The van der Waals surface area contributed by atoms with Crippen molar-refractivity contribution in [1.82, 2.24) is 0 Å². The molecule has 1 amide bonds. The highest BCUT2D eigenvalue weighted by Gasteiger charge is 2.04. The Morgan fingerprint density at radius 3 is 1.45 bits per heavy atom. The molecule has 2 aromatic rings. The van der Waals surface area contributed by atoms with Gasteiger partial charge in [0.05, 0.1) is 0 Å². The summed E-state index contributed by atoms with van der Waals surface area (Å²) in [6.45, 7) is 2.28. The van der Waals surface area contributed by atoms with Crippen molar-refractivity contribution in [3.05, 3.63) is 48.5 Å². The second kappa shape index (κ2) is 17.2. The molecule has 3 nitrogen and oxygen atoms in total. The minimum absolute atomic E-state index is 0.0991. The summed E-state index contributed by atoms with van der Waals surface area (Å²) < 4.78 is 0. The molecule has 0 heterocycles. The Kier molecular flexibility index (Phi) is 14.1. The number of phenols is 1. The van der Waals surface area contributed by atoms with Gasteiger partial charge in [0, 0.05) is 12.1 Å². The Bertz CT molecular complexity index is 752. The van der Waals surface area contributed by atoms with Gasteiger partial charge in [0.15, 0.2) is 0 Å². The van der Waals surface area contributed by atoms with Crippen LogP contribution in [0.3, 0.4) is 0 Å². The third-order valence-corrected chi connectivity index (χ3v) is 6.38. The molecule has 0 aliphatic carbocycles. The molecular weight excluding hydrogens is 406 g/mol. The van der Waals surface area contributed by atoms with Crippen LogP contribution in [0.1, 0.15) is 110 Å². The number of unbranched alkanes of at least 4 members (excludes halogenated alkanes) is 14. The number of rotatable bonds is 18. The molecule has 2 N–H and O–H groups in total. The van der Waals surface area contributed by atoms with Gasteiger partial charge in [-0.15, -0.1) is 0 Å². The zero-order valence-corrected chi connectivity index (χ0v) is 20.8. The molecule has 0 saturated heterocycles. The van der Waals surface area contributed by atoms with Crippen molar-refractivity contribution in [1.29, 1.82) is 0 Å². The number of nitrogens with one attached hydrogen (secondary N) is 1. The van der Waals surface area contributed by atoms with Crippen LogP contribution in [0.2, 0.25) is 0 Å². The maximum atomic E-state index is 12.2. The number of carbonyl (C=O) groups excluding carboxylic acids is 1. The summed E-state index contributed by atoms with van der Waals surface area (Å²) in [7, 11) is 0. The topological polar surface area (TPSA) is 49.3 Å². The number of aromatic hydroxyl groups is 1. The number of anilines is 1. The van der Waals surface area contributed by atoms with Crippen LogP contribution in [0.4, 0.5) is 5.69 Å². The first-order valence-electron chi connectivity index (χ1n) is 13.4. The van der Waals surface area contributed by atoms with Gasteiger partial charge in [-0.25, -0.2) is 0 Å². The molecule has 2 rings (SSSR count). The first-order valence-corrected chi connectivity index (χ1v) is 13.4. The fourth-order valence-electron chi connectivity index (χ4n) is 4.28. The smallest absolute Gasteiger partial charge is 0.224 e. The summed E-state index contributed by atoms with van der Waals surface area (Å²) in [6.07, 6.45) is 20.6. The van der Waals surface area contributed by atoms with Crippen LogP contribution in [0.5, 0.6) is 5.75 Å². The predicted octanol–water partition coefficient (Wildman–Crippen LogP) is 9.26. The summed E-state index contributed by atoms with van der Waals surface area (Å²) in [5.74, 6) is 0.364. The van der Waals surface area contributed by atoms with E-state index in [2.05, 4.69) is 12.2 Å². The van der Waals surface area contributed by atoms with Gasteiger partial charge in [0.1, 0.15) is 5.75 Å². The molecule has 0 aliphatic rings. The average Bonchev–Trinajstić information content (AvgIpc) is 2.82. The van der Waals surface area contributed by atoms with E-state index in [9.17, 15) is 9.90 Å². The molecule has 33 heavy (non-hydrogen) atoms. The van der Waals surface area contributed by atoms with E-state index in [0.717, 1.165) is 29.7 Å². The fourth-order valence-corrected chi connectivity index (χ4v) is 4.28. The fraction of sp³-hybridized carbons (Fsp3) is 0.567. The summed E-state index contributed by atoms with van der Waals surface area (Å²) in [5.41, 5.74) is 2.95. The molecule has 0 spiro atoms. The minimum atomic E-state index is 0.0991. The summed E-state index contributed by atoms with van der Waals surface area (Å²) in [5, 5.41) is 12.4. The van der Waals surface area contributed by atoms with E-state index in [1.807, 2.05) is 36.4 Å². The lowest BCUT2D eigenvalue weighted by Crippen LogP contribution is -2.10. The maximum Gasteiger partial charge on any atom is 0.224 e. The summed E-state index contributed by atoms with van der Waals surface area (Å²) in [4.78, 5) is 12.2. The van der Waals surface area contributed by atoms with E-state index in [1.165, 1.54) is 83.5 Å². The zero-order chi connectivity index (χ0) is 23.6. The van der Waals surface area contributed by atoms with Gasteiger partial charge in [-0.05, 0) is 41.8 Å². The van der Waals surface area contributed by atoms with Gasteiger partial charge < -0.3 is 10.4 Å². The Labute approximate surface area is 202 Å². The Hall–Kier alpha value is -2.29. The second-order valence-electron chi connectivity index (χ2n) is 9.37. The van der Waals surface area contributed by atoms with Gasteiger partial charge in [-0.2, -0.15) is 0 Å². The van der Waals surface area contributed by atoms with Gasteiger partial charge in [-0.3, -0.25) is 4.79 Å². The van der Waals surface area contributed by atoms with Crippen LogP contribution in [-0.4, -0.2) is 11.0 Å². The van der Waals surface area contributed by atoms with Crippen molar-refractivity contribution < 1.29 is 9.90 Å². The SMILES string of the molecule is CCCCCCCCCCCCCCCCCC(=O)Nc1ccc(-c2ccc(O)cc2)cc1. The average molecular weight is 452 g/mol. The van der Waals surface area contributed by atoms with Crippen molar-refractivity contribution >= 4 is 11.6 Å². The van der Waals surface area contributed by atoms with Crippen molar-refractivity contribution in [3.63, 3.8) is 0 Å². The molecular formula is C30H45NO2. The quantitative estimate of drug-likeness (QED) is 0.222. The second-order valence-corrected chi connectivity index (χ2v) is 9.37. The molecule has 0 unspecified atom stereocenters. The lowest BCUT2D eigenvalue weighted by molar-refractivity contribution is -0.116. The molecule has 0 atom stereocenters. The van der Waals surface area contributed by atoms with Crippen LogP contribution in [0, 0.1) is 0 Å². The highest BCUT2D eigenvalue weighted by atomic mass is 16.3. The van der Waals surface area contributed by atoms with Gasteiger partial charge in [0.25, 0.3) is 0 Å². The Morgan fingerprint density at radius 2 is 1.00 bits per heavy atom. The van der Waals surface area contributed by atoms with E-state index in [0.29, 0.717) is 6.42 Å². The molecule has 0 aromatic heterocycles. The van der Waals surface area contributed by atoms with E-state index in [4.69, 9.17) is 0 Å². The summed E-state index contributed by atoms with van der Waals surface area (Å²) in [6, 6.07) is 15.0. The van der Waals surface area contributed by atoms with Gasteiger partial charge in [-0.1, -0.05) is 121 Å². The highest BCUT2D eigenvalue weighted by Crippen LogP contribution is 2.23. The van der Waals surface area contributed by atoms with E-state index >= 15 is 0 Å². The Balaban J connectivity index is 1.43. The van der Waals surface area contributed by atoms with Crippen molar-refractivity contribution in [2.45, 2.75) is 110 Å². The largest absolute Gasteiger partial charge is 0.508 e. The number of benzene rings is 2. The third-order valence-electron chi connectivity index (χ3n) is 6.38. The van der Waals surface area contributed by atoms with Crippen molar-refractivity contribution in [2.75, 3.05) is 5.32 Å². The Morgan fingerprint density at radius 1 is 0.606 bits per heavy atom. The van der Waals surface area contributed by atoms with Gasteiger partial charge >= 0.3 is 0 Å². The van der Waals surface area contributed by atoms with Crippen LogP contribution in [0.15, 0.2) is 48.5 Å². The molecule has 182 valence electrons. The first kappa shape index (κ1) is 27.0. The number of phenolic OH excluding ortho intramolecular Hbond substituents is 1. The van der Waals surface area contributed by atoms with E-state index in [1.54, 1.807) is 12.1 Å². The lowest BCUT2D eigenvalue weighted by Gasteiger charge is -2.07. The molecule has 0 saturated carbocycles. The van der Waals surface area contributed by atoms with Gasteiger partial charge in [0.2, 0.25) is 5.91 Å². The number of amides is 1. The standard InChI is InChI=1S/C30H45NO2/c1-2-3-4-5-6-7-8-9-10-11-12-13-14-15-16-17-30(33)31-28-22-18-26(19-23-28)27-20-24-29(32)25-21-27/h18-25,32H,2-17H2,1H3,(H,31,33). The van der Waals surface area contributed by atoms with Crippen LogP contribution in [-0.2, 0) is 4.79 Å². The lowest BCUT2D eigenvalue weighted by atomic mass is 10.0. The molecule has 0 radical (unpaired) electrons. The summed E-state index contributed by atoms with van der Waals surface area (Å²) >= 11 is 0. The maximum absolute atomic E-state index is 12.2. The molecule has 0 aliphatic heterocycles. The number of hydrogen-bond acceptors (Lipinski definition) is 2. The first-order chi connectivity index (χ1) is 16.2.